The maximum Gasteiger partial charge on any atom is 0.275 e. The first kappa shape index (κ1) is 20.7. The smallest absolute Gasteiger partial charge is 0.275 e. The fourth-order valence-electron chi connectivity index (χ4n) is 3.71. The van der Waals surface area contributed by atoms with Crippen molar-refractivity contribution in [1.29, 1.82) is 0 Å². The molecule has 1 N–H and O–H groups in total. The highest BCUT2D eigenvalue weighted by atomic mass is 35.5. The topological polar surface area (TPSA) is 55.6 Å². The quantitative estimate of drug-likeness (QED) is 0.327. The largest absolute Gasteiger partial charge is 0.496 e. The van der Waals surface area contributed by atoms with Crippen molar-refractivity contribution in [3.05, 3.63) is 94.3 Å². The summed E-state index contributed by atoms with van der Waals surface area (Å²) in [6.07, 6.45) is 1.64. The van der Waals surface area contributed by atoms with Crippen LogP contribution in [0.3, 0.4) is 0 Å². The fraction of sp³-hybridized carbons (Fsp3) is 0.120. The summed E-state index contributed by atoms with van der Waals surface area (Å²) in [6.45, 7) is 4.00. The average Bonchev–Trinajstić information content (AvgIpc) is 3.06. The molecular formula is C25H22ClN3O2. The Hall–Kier alpha value is -3.57. The molecule has 1 amide bonds. The van der Waals surface area contributed by atoms with Crippen molar-refractivity contribution in [1.82, 2.24) is 9.99 Å². The molecule has 0 aliphatic heterocycles. The van der Waals surface area contributed by atoms with Crippen LogP contribution in [0.15, 0.2) is 71.8 Å². The number of carbonyl (C=O) groups excluding carboxylic acids is 1. The van der Waals surface area contributed by atoms with E-state index in [0.29, 0.717) is 16.3 Å². The molecule has 4 aromatic rings. The molecule has 0 fully saturated rings. The van der Waals surface area contributed by atoms with E-state index in [1.807, 2.05) is 80.6 Å². The lowest BCUT2D eigenvalue weighted by molar-refractivity contribution is 0.0952. The van der Waals surface area contributed by atoms with Gasteiger partial charge in [-0.15, -0.1) is 0 Å². The van der Waals surface area contributed by atoms with E-state index < -0.39 is 0 Å². The second kappa shape index (κ2) is 8.66. The number of hydrazone groups is 1. The second-order valence-electron chi connectivity index (χ2n) is 7.21. The van der Waals surface area contributed by atoms with Crippen LogP contribution in [-0.4, -0.2) is 23.8 Å². The van der Waals surface area contributed by atoms with Crippen molar-refractivity contribution in [3.63, 3.8) is 0 Å². The highest BCUT2D eigenvalue weighted by molar-refractivity contribution is 6.32. The minimum Gasteiger partial charge on any atom is -0.496 e. The lowest BCUT2D eigenvalue weighted by atomic mass is 10.1. The van der Waals surface area contributed by atoms with Crippen LogP contribution in [0, 0.1) is 13.8 Å². The molecule has 0 bridgehead atoms. The van der Waals surface area contributed by atoms with Crippen molar-refractivity contribution < 1.29 is 9.53 Å². The minimum absolute atomic E-state index is 0.334. The molecule has 0 unspecified atom stereocenters. The Bertz CT molecular complexity index is 1310. The minimum atomic E-state index is -0.334. The molecule has 0 spiro atoms. The number of rotatable bonds is 5. The van der Waals surface area contributed by atoms with E-state index in [0.717, 1.165) is 33.4 Å². The van der Waals surface area contributed by atoms with Gasteiger partial charge in [0.2, 0.25) is 0 Å². The zero-order chi connectivity index (χ0) is 22.0. The maximum absolute atomic E-state index is 12.8. The molecule has 0 saturated carbocycles. The zero-order valence-corrected chi connectivity index (χ0v) is 18.3. The molecule has 6 heteroatoms. The van der Waals surface area contributed by atoms with Crippen LogP contribution in [0.2, 0.25) is 5.02 Å². The van der Waals surface area contributed by atoms with Crippen molar-refractivity contribution in [2.24, 2.45) is 5.10 Å². The summed E-state index contributed by atoms with van der Waals surface area (Å²) < 4.78 is 7.48. The van der Waals surface area contributed by atoms with E-state index in [2.05, 4.69) is 15.1 Å². The number of para-hydroxylation sites is 1. The van der Waals surface area contributed by atoms with E-state index in [4.69, 9.17) is 16.3 Å². The van der Waals surface area contributed by atoms with Crippen molar-refractivity contribution in [3.8, 4) is 11.4 Å². The van der Waals surface area contributed by atoms with Gasteiger partial charge in [0.05, 0.1) is 29.6 Å². The molecule has 5 nitrogen and oxygen atoms in total. The predicted octanol–water partition coefficient (Wildman–Crippen LogP) is 5.67. The number of methoxy groups -OCH3 is 1. The molecule has 0 atom stereocenters. The van der Waals surface area contributed by atoms with Crippen LogP contribution in [-0.2, 0) is 0 Å². The summed E-state index contributed by atoms with van der Waals surface area (Å²) in [6, 6.07) is 21.2. The summed E-state index contributed by atoms with van der Waals surface area (Å²) >= 11 is 6.37. The molecule has 0 aliphatic carbocycles. The van der Waals surface area contributed by atoms with Gasteiger partial charge in [0.15, 0.2) is 0 Å². The number of hydrogen-bond donors (Lipinski definition) is 1. The number of aromatic nitrogens is 1. The third-order valence-electron chi connectivity index (χ3n) is 5.25. The van der Waals surface area contributed by atoms with E-state index in [1.165, 1.54) is 0 Å². The number of nitrogens with zero attached hydrogens (tertiary/aromatic N) is 2. The number of carbonyl (C=O) groups is 1. The van der Waals surface area contributed by atoms with E-state index in [9.17, 15) is 4.79 Å². The molecule has 4 rings (SSSR count). The number of amides is 1. The third-order valence-corrected chi connectivity index (χ3v) is 5.57. The van der Waals surface area contributed by atoms with Crippen molar-refractivity contribution >= 4 is 34.5 Å². The Morgan fingerprint density at radius 2 is 1.71 bits per heavy atom. The molecular weight excluding hydrogens is 410 g/mol. The lowest BCUT2D eigenvalue weighted by Gasteiger charge is -2.11. The summed E-state index contributed by atoms with van der Waals surface area (Å²) in [5.41, 5.74) is 6.84. The van der Waals surface area contributed by atoms with Crippen molar-refractivity contribution in [2.45, 2.75) is 13.8 Å². The summed E-state index contributed by atoms with van der Waals surface area (Å²) in [7, 11) is 1.55. The van der Waals surface area contributed by atoms with Crippen LogP contribution >= 0.6 is 11.6 Å². The number of halogens is 1. The first-order valence-corrected chi connectivity index (χ1v) is 10.2. The number of aryl methyl sites for hydroxylation is 1. The molecule has 1 aromatic heterocycles. The number of fused-ring (bicyclic) bond motifs is 1. The average molecular weight is 432 g/mol. The van der Waals surface area contributed by atoms with Gasteiger partial charge >= 0.3 is 0 Å². The maximum atomic E-state index is 12.8. The zero-order valence-electron chi connectivity index (χ0n) is 17.5. The van der Waals surface area contributed by atoms with E-state index >= 15 is 0 Å². The van der Waals surface area contributed by atoms with Gasteiger partial charge in [-0.05, 0) is 55.0 Å². The molecule has 156 valence electrons. The summed E-state index contributed by atoms with van der Waals surface area (Å²) in [5, 5.41) is 6.81. The number of benzene rings is 3. The Labute approximate surface area is 185 Å². The van der Waals surface area contributed by atoms with E-state index in [1.54, 1.807) is 13.3 Å². The highest BCUT2D eigenvalue weighted by Gasteiger charge is 2.14. The number of nitrogens with one attached hydrogen (secondary N) is 1. The van der Waals surface area contributed by atoms with Gasteiger partial charge in [-0.25, -0.2) is 5.43 Å². The van der Waals surface area contributed by atoms with Gasteiger partial charge in [-0.2, -0.15) is 5.10 Å². The van der Waals surface area contributed by atoms with Crippen LogP contribution in [0.1, 0.15) is 27.3 Å². The second-order valence-corrected chi connectivity index (χ2v) is 7.62. The van der Waals surface area contributed by atoms with Gasteiger partial charge in [-0.3, -0.25) is 4.79 Å². The molecule has 0 aliphatic rings. The van der Waals surface area contributed by atoms with Crippen LogP contribution < -0.4 is 10.2 Å². The first-order valence-electron chi connectivity index (χ1n) is 9.83. The SMILES string of the molecule is COc1cc2ccccc2cc1C(=O)NN=Cc1cc(C)n(-c2ccccc2Cl)c1C. The van der Waals surface area contributed by atoms with Gasteiger partial charge in [0, 0.05) is 17.0 Å². The normalized spacial score (nSPS) is 11.2. The van der Waals surface area contributed by atoms with Crippen LogP contribution in [0.5, 0.6) is 5.75 Å². The summed E-state index contributed by atoms with van der Waals surface area (Å²) in [4.78, 5) is 12.8. The Kier molecular flexibility index (Phi) is 5.78. The Balaban J connectivity index is 1.58. The van der Waals surface area contributed by atoms with Crippen LogP contribution in [0.4, 0.5) is 0 Å². The fourth-order valence-corrected chi connectivity index (χ4v) is 3.93. The van der Waals surface area contributed by atoms with Gasteiger partial charge < -0.3 is 9.30 Å². The number of ether oxygens (including phenoxy) is 1. The molecule has 1 heterocycles. The highest BCUT2D eigenvalue weighted by Crippen LogP contribution is 2.27. The monoisotopic (exact) mass is 431 g/mol. The first-order chi connectivity index (χ1) is 15.0. The van der Waals surface area contributed by atoms with Gasteiger partial charge in [-0.1, -0.05) is 48.0 Å². The predicted molar refractivity (Wildman–Crippen MR) is 126 cm³/mol. The number of hydrogen-bond acceptors (Lipinski definition) is 3. The van der Waals surface area contributed by atoms with Gasteiger partial charge in [0.1, 0.15) is 5.75 Å². The van der Waals surface area contributed by atoms with E-state index in [-0.39, 0.29) is 5.91 Å². The standard InChI is InChI=1S/C25H22ClN3O2/c1-16-12-20(17(2)29(16)23-11-7-6-10-22(23)26)15-27-28-25(30)21-13-18-8-4-5-9-19(18)14-24(21)31-3/h4-15H,1-3H3,(H,28,30). The third kappa shape index (κ3) is 4.05. The van der Waals surface area contributed by atoms with Crippen LogP contribution in [0.25, 0.3) is 16.5 Å². The Morgan fingerprint density at radius 3 is 2.42 bits per heavy atom. The molecule has 31 heavy (non-hydrogen) atoms. The molecule has 0 saturated heterocycles. The molecule has 3 aromatic carbocycles. The Morgan fingerprint density at radius 1 is 1.03 bits per heavy atom. The summed E-state index contributed by atoms with van der Waals surface area (Å²) in [5.74, 6) is 0.169. The lowest BCUT2D eigenvalue weighted by Crippen LogP contribution is -2.18. The van der Waals surface area contributed by atoms with Gasteiger partial charge in [0.25, 0.3) is 5.91 Å². The van der Waals surface area contributed by atoms with Crippen molar-refractivity contribution in [2.75, 3.05) is 7.11 Å². The molecule has 0 radical (unpaired) electrons.